The van der Waals surface area contributed by atoms with E-state index in [2.05, 4.69) is 10.1 Å². The van der Waals surface area contributed by atoms with Crippen molar-refractivity contribution in [1.82, 2.24) is 0 Å². The first-order valence-corrected chi connectivity index (χ1v) is 9.26. The van der Waals surface area contributed by atoms with Gasteiger partial charge in [0.25, 0.3) is 5.91 Å². The van der Waals surface area contributed by atoms with Gasteiger partial charge in [-0.15, -0.1) is 11.8 Å². The molecule has 5 nitrogen and oxygen atoms in total. The summed E-state index contributed by atoms with van der Waals surface area (Å²) in [6.07, 6.45) is -1.08. The molecule has 0 saturated heterocycles. The minimum atomic E-state index is -3.04. The number of hydrogen-bond acceptors (Lipinski definition) is 5. The molecule has 0 aliphatic carbocycles. The minimum absolute atomic E-state index is 0.0440. The monoisotopic (exact) mass is 413 g/mol. The lowest BCUT2D eigenvalue weighted by atomic mass is 10.2. The molecule has 2 aromatic carbocycles. The largest absolute Gasteiger partial charge is 0.453 e. The third kappa shape index (κ3) is 7.15. The Kier molecular flexibility index (Phi) is 8.19. The van der Waals surface area contributed by atoms with Crippen LogP contribution in [0.3, 0.4) is 0 Å². The van der Waals surface area contributed by atoms with Crippen LogP contribution in [0, 0.1) is 5.82 Å². The third-order valence-corrected chi connectivity index (χ3v) is 4.44. The first-order valence-electron chi connectivity index (χ1n) is 8.27. The van der Waals surface area contributed by atoms with Crippen LogP contribution in [0.1, 0.15) is 13.3 Å². The van der Waals surface area contributed by atoms with E-state index in [9.17, 15) is 22.8 Å². The molecule has 0 aliphatic rings. The number of ether oxygens (including phenoxy) is 2. The Morgan fingerprint density at radius 3 is 2.46 bits per heavy atom. The highest BCUT2D eigenvalue weighted by molar-refractivity contribution is 7.99. The van der Waals surface area contributed by atoms with Gasteiger partial charge in [0.1, 0.15) is 11.6 Å². The zero-order chi connectivity index (χ0) is 20.5. The molecule has 2 aromatic rings. The quantitative estimate of drug-likeness (QED) is 0.485. The maximum Gasteiger partial charge on any atom is 0.387 e. The molecule has 0 aliphatic heterocycles. The minimum Gasteiger partial charge on any atom is -0.453 e. The molecule has 28 heavy (non-hydrogen) atoms. The van der Waals surface area contributed by atoms with Gasteiger partial charge in [-0.3, -0.25) is 9.59 Å². The number of esters is 1. The molecule has 0 saturated carbocycles. The molecule has 0 spiro atoms. The summed E-state index contributed by atoms with van der Waals surface area (Å²) in [5.74, 6) is -1.41. The van der Waals surface area contributed by atoms with Gasteiger partial charge in [0.05, 0.1) is 12.1 Å². The fraction of sp³-hybridized carbons (Fsp3) is 0.263. The van der Waals surface area contributed by atoms with Crippen LogP contribution >= 0.6 is 11.8 Å². The molecule has 9 heteroatoms. The topological polar surface area (TPSA) is 64.6 Å². The van der Waals surface area contributed by atoms with Crippen LogP contribution in [0.4, 0.5) is 18.9 Å². The van der Waals surface area contributed by atoms with Gasteiger partial charge in [-0.1, -0.05) is 12.1 Å². The van der Waals surface area contributed by atoms with Crippen LogP contribution in [0.15, 0.2) is 53.4 Å². The van der Waals surface area contributed by atoms with Crippen LogP contribution in [-0.4, -0.2) is 30.3 Å². The Hall–Kier alpha value is -2.68. The summed E-state index contributed by atoms with van der Waals surface area (Å²) < 4.78 is 47.0. The van der Waals surface area contributed by atoms with Gasteiger partial charge < -0.3 is 14.8 Å². The highest BCUT2D eigenvalue weighted by atomic mass is 32.2. The van der Waals surface area contributed by atoms with E-state index in [-0.39, 0.29) is 23.7 Å². The number of nitrogens with one attached hydrogen (secondary N) is 1. The SMILES string of the molecule is CC(OC(=O)CCSc1ccc(F)cc1)C(=O)Nc1ccccc1OC(F)F. The van der Waals surface area contributed by atoms with E-state index in [0.717, 1.165) is 4.90 Å². The lowest BCUT2D eigenvalue weighted by molar-refractivity contribution is -0.152. The van der Waals surface area contributed by atoms with Crippen molar-refractivity contribution in [2.75, 3.05) is 11.1 Å². The number of rotatable bonds is 9. The number of carbonyl (C=O) groups is 2. The average molecular weight is 413 g/mol. The van der Waals surface area contributed by atoms with E-state index in [1.54, 1.807) is 12.1 Å². The van der Waals surface area contributed by atoms with E-state index in [4.69, 9.17) is 4.74 Å². The Morgan fingerprint density at radius 1 is 1.11 bits per heavy atom. The van der Waals surface area contributed by atoms with Crippen molar-refractivity contribution in [3.63, 3.8) is 0 Å². The van der Waals surface area contributed by atoms with Crippen LogP contribution < -0.4 is 10.1 Å². The summed E-state index contributed by atoms with van der Waals surface area (Å²) in [5.41, 5.74) is 0.0440. The first kappa shape index (κ1) is 21.6. The normalized spacial score (nSPS) is 11.8. The number of hydrogen-bond donors (Lipinski definition) is 1. The maximum absolute atomic E-state index is 12.8. The predicted octanol–water partition coefficient (Wildman–Crippen LogP) is 4.48. The number of anilines is 1. The van der Waals surface area contributed by atoms with Gasteiger partial charge in [0.2, 0.25) is 0 Å². The molecule has 0 fully saturated rings. The Labute approximate surface area is 164 Å². The fourth-order valence-corrected chi connectivity index (χ4v) is 2.93. The van der Waals surface area contributed by atoms with Crippen molar-refractivity contribution >= 4 is 29.3 Å². The van der Waals surface area contributed by atoms with Crippen molar-refractivity contribution in [2.45, 2.75) is 31.0 Å². The summed E-state index contributed by atoms with van der Waals surface area (Å²) in [4.78, 5) is 24.8. The van der Waals surface area contributed by atoms with Gasteiger partial charge >= 0.3 is 12.6 Å². The number of carbonyl (C=O) groups excluding carboxylic acids is 2. The second kappa shape index (κ2) is 10.6. The van der Waals surface area contributed by atoms with E-state index in [1.807, 2.05) is 0 Å². The number of amides is 1. The number of thioether (sulfide) groups is 1. The third-order valence-electron chi connectivity index (χ3n) is 3.43. The van der Waals surface area contributed by atoms with Gasteiger partial charge in [0.15, 0.2) is 6.10 Å². The van der Waals surface area contributed by atoms with Crippen LogP contribution in [0.5, 0.6) is 5.75 Å². The number of halogens is 3. The maximum atomic E-state index is 12.8. The second-order valence-corrected chi connectivity index (χ2v) is 6.72. The molecular formula is C19H18F3NO4S. The van der Waals surface area contributed by atoms with Crippen molar-refractivity contribution in [1.29, 1.82) is 0 Å². The van der Waals surface area contributed by atoms with Crippen LogP contribution in [-0.2, 0) is 14.3 Å². The Balaban J connectivity index is 1.80. The molecule has 1 unspecified atom stereocenters. The molecule has 1 amide bonds. The summed E-state index contributed by atoms with van der Waals surface area (Å²) in [5, 5.41) is 2.39. The van der Waals surface area contributed by atoms with Gasteiger partial charge in [0, 0.05) is 10.6 Å². The number of benzene rings is 2. The van der Waals surface area contributed by atoms with Crippen molar-refractivity contribution < 1.29 is 32.2 Å². The van der Waals surface area contributed by atoms with Crippen molar-refractivity contribution in [3.05, 3.63) is 54.3 Å². The summed E-state index contributed by atoms with van der Waals surface area (Å²) in [6, 6.07) is 11.5. The highest BCUT2D eigenvalue weighted by Gasteiger charge is 2.20. The van der Waals surface area contributed by atoms with Gasteiger partial charge in [-0.05, 0) is 43.3 Å². The number of alkyl halides is 2. The molecule has 2 rings (SSSR count). The molecular weight excluding hydrogens is 395 g/mol. The Bertz CT molecular complexity index is 802. The van der Waals surface area contributed by atoms with E-state index in [1.165, 1.54) is 55.1 Å². The number of para-hydroxylation sites is 2. The molecule has 0 radical (unpaired) electrons. The van der Waals surface area contributed by atoms with E-state index in [0.29, 0.717) is 5.75 Å². The fourth-order valence-electron chi connectivity index (χ4n) is 2.10. The van der Waals surface area contributed by atoms with Crippen LogP contribution in [0.25, 0.3) is 0 Å². The molecule has 0 bridgehead atoms. The van der Waals surface area contributed by atoms with Gasteiger partial charge in [-0.2, -0.15) is 8.78 Å². The lowest BCUT2D eigenvalue weighted by Crippen LogP contribution is -2.30. The Morgan fingerprint density at radius 2 is 1.79 bits per heavy atom. The summed E-state index contributed by atoms with van der Waals surface area (Å²) in [6.45, 7) is -1.66. The first-order chi connectivity index (χ1) is 13.3. The van der Waals surface area contributed by atoms with Crippen LogP contribution in [0.2, 0.25) is 0 Å². The average Bonchev–Trinajstić information content (AvgIpc) is 2.64. The highest BCUT2D eigenvalue weighted by Crippen LogP contribution is 2.25. The smallest absolute Gasteiger partial charge is 0.387 e. The molecule has 1 atom stereocenters. The van der Waals surface area contributed by atoms with E-state index >= 15 is 0 Å². The molecule has 0 heterocycles. The zero-order valence-electron chi connectivity index (χ0n) is 14.9. The van der Waals surface area contributed by atoms with Crippen molar-refractivity contribution in [2.24, 2.45) is 0 Å². The standard InChI is InChI=1S/C19H18F3NO4S/c1-12(18(25)23-15-4-2-3-5-16(15)27-19(21)22)26-17(24)10-11-28-14-8-6-13(20)7-9-14/h2-9,12,19H,10-11H2,1H3,(H,23,25). The molecule has 0 aromatic heterocycles. The van der Waals surface area contributed by atoms with Gasteiger partial charge in [-0.25, -0.2) is 4.39 Å². The lowest BCUT2D eigenvalue weighted by Gasteiger charge is -2.15. The summed E-state index contributed by atoms with van der Waals surface area (Å²) in [7, 11) is 0. The molecule has 1 N–H and O–H groups in total. The predicted molar refractivity (Wildman–Crippen MR) is 99.0 cm³/mol. The van der Waals surface area contributed by atoms with E-state index < -0.39 is 24.6 Å². The zero-order valence-corrected chi connectivity index (χ0v) is 15.7. The second-order valence-electron chi connectivity index (χ2n) is 5.55. The molecule has 150 valence electrons. The summed E-state index contributed by atoms with van der Waals surface area (Å²) >= 11 is 1.35. The van der Waals surface area contributed by atoms with Crippen molar-refractivity contribution in [3.8, 4) is 5.75 Å².